The molecule has 0 aliphatic carbocycles. The molecule has 1 amide bonds. The van der Waals surface area contributed by atoms with Crippen LogP contribution in [0.25, 0.3) is 16.9 Å². The van der Waals surface area contributed by atoms with E-state index in [0.717, 1.165) is 5.56 Å². The van der Waals surface area contributed by atoms with Crippen LogP contribution in [0.3, 0.4) is 0 Å². The normalized spacial score (nSPS) is 11.0. The van der Waals surface area contributed by atoms with E-state index in [9.17, 15) is 9.59 Å². The number of carbonyl (C=O) groups is 1. The summed E-state index contributed by atoms with van der Waals surface area (Å²) >= 11 is 6.26. The van der Waals surface area contributed by atoms with Crippen LogP contribution in [-0.4, -0.2) is 39.6 Å². The van der Waals surface area contributed by atoms with Gasteiger partial charge in [-0.05, 0) is 13.0 Å². The van der Waals surface area contributed by atoms with E-state index < -0.39 is 0 Å². The number of ether oxygens (including phenoxy) is 1. The number of nitrogens with zero attached hydrogens (tertiary/aromatic N) is 3. The molecule has 26 heavy (non-hydrogen) atoms. The highest BCUT2D eigenvalue weighted by atomic mass is 35.5. The summed E-state index contributed by atoms with van der Waals surface area (Å²) in [5.74, 6) is -0.352. The number of nitrogens with one attached hydrogen (secondary N) is 1. The van der Waals surface area contributed by atoms with Crippen LogP contribution in [-0.2, 0) is 11.8 Å². The van der Waals surface area contributed by atoms with Crippen LogP contribution >= 0.6 is 11.6 Å². The first kappa shape index (κ1) is 18.2. The van der Waals surface area contributed by atoms with Crippen LogP contribution in [0.4, 0.5) is 0 Å². The summed E-state index contributed by atoms with van der Waals surface area (Å²) in [7, 11) is 1.65. The summed E-state index contributed by atoms with van der Waals surface area (Å²) in [6, 6.07) is 7.27. The molecule has 0 radical (unpaired) electrons. The van der Waals surface area contributed by atoms with Crippen LogP contribution < -0.4 is 10.9 Å². The van der Waals surface area contributed by atoms with Crippen molar-refractivity contribution in [3.63, 3.8) is 0 Å². The van der Waals surface area contributed by atoms with Crippen molar-refractivity contribution in [2.45, 2.75) is 6.92 Å². The van der Waals surface area contributed by atoms with Crippen molar-refractivity contribution in [3.05, 3.63) is 57.7 Å². The maximum Gasteiger partial charge on any atom is 0.294 e. The van der Waals surface area contributed by atoms with Gasteiger partial charge >= 0.3 is 0 Å². The van der Waals surface area contributed by atoms with E-state index in [1.165, 1.54) is 10.8 Å². The summed E-state index contributed by atoms with van der Waals surface area (Å²) in [6.07, 6.45) is 3.27. The zero-order valence-electron chi connectivity index (χ0n) is 14.5. The monoisotopic (exact) mass is 374 g/mol. The third-order valence-electron chi connectivity index (χ3n) is 3.97. The van der Waals surface area contributed by atoms with Crippen molar-refractivity contribution in [1.29, 1.82) is 0 Å². The van der Waals surface area contributed by atoms with Crippen LogP contribution in [0.15, 0.2) is 41.5 Å². The van der Waals surface area contributed by atoms with Crippen molar-refractivity contribution in [3.8, 4) is 11.3 Å². The van der Waals surface area contributed by atoms with Gasteiger partial charge in [-0.2, -0.15) is 0 Å². The Balaban J connectivity index is 1.98. The number of imidazole rings is 1. The maximum absolute atomic E-state index is 12.7. The van der Waals surface area contributed by atoms with Gasteiger partial charge in [0.1, 0.15) is 5.69 Å². The summed E-state index contributed by atoms with van der Waals surface area (Å²) in [5.41, 5.74) is 1.41. The van der Waals surface area contributed by atoms with Gasteiger partial charge in [0.15, 0.2) is 0 Å². The summed E-state index contributed by atoms with van der Waals surface area (Å²) in [5, 5.41) is 3.25. The van der Waals surface area contributed by atoms with Gasteiger partial charge in [-0.1, -0.05) is 29.8 Å². The number of aromatic nitrogens is 3. The summed E-state index contributed by atoms with van der Waals surface area (Å²) in [4.78, 5) is 29.0. The van der Waals surface area contributed by atoms with Crippen LogP contribution in [0.2, 0.25) is 5.02 Å². The van der Waals surface area contributed by atoms with Gasteiger partial charge in [-0.25, -0.2) is 4.98 Å². The van der Waals surface area contributed by atoms with Gasteiger partial charge in [0, 0.05) is 43.2 Å². The first-order valence-corrected chi connectivity index (χ1v) is 8.60. The molecule has 0 saturated carbocycles. The molecular weight excluding hydrogens is 356 g/mol. The Hall–Kier alpha value is -2.64. The molecule has 1 aromatic carbocycles. The summed E-state index contributed by atoms with van der Waals surface area (Å²) < 4.78 is 8.21. The Morgan fingerprint density at radius 1 is 1.31 bits per heavy atom. The second-order valence-corrected chi connectivity index (χ2v) is 6.08. The highest BCUT2D eigenvalue weighted by Gasteiger charge is 2.16. The minimum Gasteiger partial charge on any atom is -0.380 e. The van der Waals surface area contributed by atoms with Gasteiger partial charge < -0.3 is 14.6 Å². The Morgan fingerprint density at radius 2 is 2.08 bits per heavy atom. The predicted molar refractivity (Wildman–Crippen MR) is 99.7 cm³/mol. The Morgan fingerprint density at radius 3 is 2.81 bits per heavy atom. The standard InChI is InChI=1S/C18H19ClN4O3/c1-3-26-9-8-20-17(24)14-10-23-11-15(12-6-4-5-7-13(12)19)22(2)18(25)16(23)21-14/h4-7,10-11H,3,8-9H2,1-2H3,(H,20,24). The fourth-order valence-electron chi connectivity index (χ4n) is 2.63. The zero-order valence-corrected chi connectivity index (χ0v) is 15.3. The topological polar surface area (TPSA) is 77.6 Å². The summed E-state index contributed by atoms with van der Waals surface area (Å²) in [6.45, 7) is 3.28. The highest BCUT2D eigenvalue weighted by molar-refractivity contribution is 6.33. The predicted octanol–water partition coefficient (Wildman–Crippen LogP) is 2.12. The second-order valence-electron chi connectivity index (χ2n) is 5.67. The lowest BCUT2D eigenvalue weighted by Crippen LogP contribution is -2.27. The second kappa shape index (κ2) is 7.72. The van der Waals surface area contributed by atoms with Crippen molar-refractivity contribution < 1.29 is 9.53 Å². The van der Waals surface area contributed by atoms with E-state index in [1.54, 1.807) is 23.7 Å². The SMILES string of the molecule is CCOCCNC(=O)c1cn2cc(-c3ccccc3Cl)n(C)c(=O)c2n1. The van der Waals surface area contributed by atoms with Crippen molar-refractivity contribution in [1.82, 2.24) is 19.3 Å². The Bertz CT molecular complexity index is 1010. The highest BCUT2D eigenvalue weighted by Crippen LogP contribution is 2.26. The molecule has 2 aromatic heterocycles. The fraction of sp³-hybridized carbons (Fsp3) is 0.278. The Kier molecular flexibility index (Phi) is 5.39. The van der Waals surface area contributed by atoms with Gasteiger partial charge in [0.25, 0.3) is 11.5 Å². The van der Waals surface area contributed by atoms with Crippen LogP contribution in [0.5, 0.6) is 0 Å². The van der Waals surface area contributed by atoms with E-state index in [4.69, 9.17) is 16.3 Å². The molecule has 0 saturated heterocycles. The number of fused-ring (bicyclic) bond motifs is 1. The van der Waals surface area contributed by atoms with Crippen LogP contribution in [0.1, 0.15) is 17.4 Å². The van der Waals surface area contributed by atoms with E-state index in [-0.39, 0.29) is 22.8 Å². The molecule has 136 valence electrons. The number of halogens is 1. The molecule has 0 aliphatic heterocycles. The van der Waals surface area contributed by atoms with Gasteiger partial charge in [-0.15, -0.1) is 0 Å². The van der Waals surface area contributed by atoms with Crippen molar-refractivity contribution in [2.75, 3.05) is 19.8 Å². The molecular formula is C18H19ClN4O3. The first-order chi connectivity index (χ1) is 12.5. The maximum atomic E-state index is 12.7. The number of benzene rings is 1. The molecule has 3 aromatic rings. The minimum atomic E-state index is -0.352. The van der Waals surface area contributed by atoms with Crippen molar-refractivity contribution >= 4 is 23.2 Å². The van der Waals surface area contributed by atoms with E-state index in [2.05, 4.69) is 10.3 Å². The quantitative estimate of drug-likeness (QED) is 0.670. The van der Waals surface area contributed by atoms with E-state index >= 15 is 0 Å². The van der Waals surface area contributed by atoms with E-state index in [0.29, 0.717) is 30.5 Å². The Labute approximate surface area is 155 Å². The van der Waals surface area contributed by atoms with Gasteiger partial charge in [-0.3, -0.25) is 14.0 Å². The molecule has 8 heteroatoms. The first-order valence-electron chi connectivity index (χ1n) is 8.22. The third-order valence-corrected chi connectivity index (χ3v) is 4.30. The lowest BCUT2D eigenvalue weighted by atomic mass is 10.1. The molecule has 2 heterocycles. The zero-order chi connectivity index (χ0) is 18.7. The third kappa shape index (κ3) is 3.49. The molecule has 3 rings (SSSR count). The molecule has 0 atom stereocenters. The smallest absolute Gasteiger partial charge is 0.294 e. The number of rotatable bonds is 6. The molecule has 0 bridgehead atoms. The molecule has 0 fully saturated rings. The van der Waals surface area contributed by atoms with Crippen molar-refractivity contribution in [2.24, 2.45) is 7.05 Å². The average molecular weight is 375 g/mol. The van der Waals surface area contributed by atoms with E-state index in [1.807, 2.05) is 25.1 Å². The molecule has 0 aliphatic rings. The molecule has 0 unspecified atom stereocenters. The molecule has 1 N–H and O–H groups in total. The fourth-order valence-corrected chi connectivity index (χ4v) is 2.86. The minimum absolute atomic E-state index is 0.176. The van der Waals surface area contributed by atoms with Crippen LogP contribution in [0, 0.1) is 0 Å². The number of hydrogen-bond acceptors (Lipinski definition) is 4. The van der Waals surface area contributed by atoms with Gasteiger partial charge in [0.05, 0.1) is 12.3 Å². The number of carbonyl (C=O) groups excluding carboxylic acids is 1. The largest absolute Gasteiger partial charge is 0.380 e. The number of amides is 1. The number of hydrogen-bond donors (Lipinski definition) is 1. The average Bonchev–Trinajstić information content (AvgIpc) is 3.07. The van der Waals surface area contributed by atoms with Gasteiger partial charge in [0.2, 0.25) is 5.65 Å². The lowest BCUT2D eigenvalue weighted by Gasteiger charge is -2.10. The molecule has 7 nitrogen and oxygen atoms in total. The molecule has 0 spiro atoms. The lowest BCUT2D eigenvalue weighted by molar-refractivity contribution is 0.0918.